The lowest BCUT2D eigenvalue weighted by atomic mass is 9.89. The summed E-state index contributed by atoms with van der Waals surface area (Å²) in [4.78, 5) is 27.9. The van der Waals surface area contributed by atoms with Gasteiger partial charge in [0.05, 0.1) is 5.02 Å². The van der Waals surface area contributed by atoms with E-state index in [-0.39, 0.29) is 21.8 Å². The molecule has 1 fully saturated rings. The SMILES string of the molecule is CC(OC(=O)c1nc(Cl)ccc1Cl)C(=O)NCC1CCCCC1. The van der Waals surface area contributed by atoms with Crippen LogP contribution in [0.5, 0.6) is 0 Å². The van der Waals surface area contributed by atoms with E-state index >= 15 is 0 Å². The van der Waals surface area contributed by atoms with E-state index in [2.05, 4.69) is 10.3 Å². The number of nitrogens with one attached hydrogen (secondary N) is 1. The van der Waals surface area contributed by atoms with Crippen LogP contribution < -0.4 is 5.32 Å². The van der Waals surface area contributed by atoms with Crippen molar-refractivity contribution in [2.24, 2.45) is 5.92 Å². The predicted octanol–water partition coefficient (Wildman–Crippen LogP) is 3.63. The molecule has 1 aliphatic rings. The van der Waals surface area contributed by atoms with Gasteiger partial charge in [-0.05, 0) is 37.8 Å². The maximum atomic E-state index is 12.0. The summed E-state index contributed by atoms with van der Waals surface area (Å²) >= 11 is 11.6. The highest BCUT2D eigenvalue weighted by molar-refractivity contribution is 6.34. The summed E-state index contributed by atoms with van der Waals surface area (Å²) in [6.07, 6.45) is 5.05. The first-order chi connectivity index (χ1) is 11.0. The fourth-order valence-electron chi connectivity index (χ4n) is 2.61. The summed E-state index contributed by atoms with van der Waals surface area (Å²) in [5.74, 6) is -0.570. The molecule has 2 rings (SSSR count). The van der Waals surface area contributed by atoms with Gasteiger partial charge < -0.3 is 10.1 Å². The van der Waals surface area contributed by atoms with Crippen LogP contribution in [-0.4, -0.2) is 29.5 Å². The highest BCUT2D eigenvalue weighted by atomic mass is 35.5. The van der Waals surface area contributed by atoms with Gasteiger partial charge in [-0.15, -0.1) is 0 Å². The second-order valence-electron chi connectivity index (χ2n) is 5.76. The van der Waals surface area contributed by atoms with E-state index in [0.29, 0.717) is 12.5 Å². The largest absolute Gasteiger partial charge is 0.448 e. The van der Waals surface area contributed by atoms with Crippen LogP contribution in [0.3, 0.4) is 0 Å². The Kier molecular flexibility index (Phi) is 6.66. The Morgan fingerprint density at radius 2 is 2.00 bits per heavy atom. The molecule has 0 saturated heterocycles. The number of pyridine rings is 1. The molecule has 0 bridgehead atoms. The first-order valence-electron chi connectivity index (χ1n) is 7.78. The van der Waals surface area contributed by atoms with Crippen LogP contribution in [0.15, 0.2) is 12.1 Å². The Balaban J connectivity index is 1.84. The topological polar surface area (TPSA) is 68.3 Å². The van der Waals surface area contributed by atoms with Crippen LogP contribution >= 0.6 is 23.2 Å². The van der Waals surface area contributed by atoms with Crippen molar-refractivity contribution in [2.75, 3.05) is 6.54 Å². The smallest absolute Gasteiger partial charge is 0.359 e. The van der Waals surface area contributed by atoms with Crippen molar-refractivity contribution in [1.29, 1.82) is 0 Å². The van der Waals surface area contributed by atoms with Gasteiger partial charge in [0.1, 0.15) is 5.15 Å². The molecule has 1 aromatic rings. The molecule has 0 aromatic carbocycles. The number of ether oxygens (including phenoxy) is 1. The molecule has 1 saturated carbocycles. The number of amides is 1. The van der Waals surface area contributed by atoms with Gasteiger partial charge in [0, 0.05) is 6.54 Å². The summed E-state index contributed by atoms with van der Waals surface area (Å²) in [7, 11) is 0. The lowest BCUT2D eigenvalue weighted by Crippen LogP contribution is -2.38. The third-order valence-corrected chi connectivity index (χ3v) is 4.46. The zero-order valence-electron chi connectivity index (χ0n) is 13.0. The Morgan fingerprint density at radius 1 is 1.30 bits per heavy atom. The molecule has 1 aromatic heterocycles. The molecule has 1 aliphatic carbocycles. The molecule has 1 amide bonds. The van der Waals surface area contributed by atoms with Crippen molar-refractivity contribution in [3.63, 3.8) is 0 Å². The second-order valence-corrected chi connectivity index (χ2v) is 6.56. The van der Waals surface area contributed by atoms with Crippen molar-refractivity contribution >= 4 is 35.1 Å². The van der Waals surface area contributed by atoms with Crippen molar-refractivity contribution < 1.29 is 14.3 Å². The fourth-order valence-corrected chi connectivity index (χ4v) is 2.94. The summed E-state index contributed by atoms with van der Waals surface area (Å²) in [6, 6.07) is 2.93. The lowest BCUT2D eigenvalue weighted by Gasteiger charge is -2.22. The average molecular weight is 359 g/mol. The highest BCUT2D eigenvalue weighted by Crippen LogP contribution is 2.23. The standard InChI is InChI=1S/C16H20Cl2N2O3/c1-10(15(21)19-9-11-5-3-2-4-6-11)23-16(22)14-12(17)7-8-13(18)20-14/h7-8,10-11H,2-6,9H2,1H3,(H,19,21). The van der Waals surface area contributed by atoms with E-state index in [1.54, 1.807) is 0 Å². The number of hydrogen-bond donors (Lipinski definition) is 1. The number of aromatic nitrogens is 1. The zero-order valence-corrected chi connectivity index (χ0v) is 14.5. The maximum absolute atomic E-state index is 12.0. The fraction of sp³-hybridized carbons (Fsp3) is 0.562. The molecule has 0 aliphatic heterocycles. The first kappa shape index (κ1) is 18.0. The molecule has 23 heavy (non-hydrogen) atoms. The van der Waals surface area contributed by atoms with E-state index < -0.39 is 12.1 Å². The number of esters is 1. The van der Waals surface area contributed by atoms with Crippen LogP contribution in [0.2, 0.25) is 10.2 Å². The van der Waals surface area contributed by atoms with Crippen molar-refractivity contribution in [2.45, 2.75) is 45.1 Å². The molecule has 1 heterocycles. The normalized spacial score (nSPS) is 16.7. The van der Waals surface area contributed by atoms with Crippen molar-refractivity contribution in [3.05, 3.63) is 28.0 Å². The number of halogens is 2. The maximum Gasteiger partial charge on any atom is 0.359 e. The molecular formula is C16H20Cl2N2O3. The first-order valence-corrected chi connectivity index (χ1v) is 8.53. The number of hydrogen-bond acceptors (Lipinski definition) is 4. The van der Waals surface area contributed by atoms with E-state index in [1.807, 2.05) is 0 Å². The molecular weight excluding hydrogens is 339 g/mol. The van der Waals surface area contributed by atoms with E-state index in [4.69, 9.17) is 27.9 Å². The molecule has 1 N–H and O–H groups in total. The Hall–Kier alpha value is -1.33. The average Bonchev–Trinajstić information content (AvgIpc) is 2.55. The van der Waals surface area contributed by atoms with Crippen molar-refractivity contribution in [1.82, 2.24) is 10.3 Å². The molecule has 0 radical (unpaired) electrons. The summed E-state index contributed by atoms with van der Waals surface area (Å²) < 4.78 is 5.12. The summed E-state index contributed by atoms with van der Waals surface area (Å²) in [5, 5.41) is 3.11. The number of carbonyl (C=O) groups is 2. The molecule has 1 atom stereocenters. The molecule has 1 unspecified atom stereocenters. The summed E-state index contributed by atoms with van der Waals surface area (Å²) in [6.45, 7) is 2.14. The van der Waals surface area contributed by atoms with Gasteiger partial charge >= 0.3 is 5.97 Å². The van der Waals surface area contributed by atoms with Crippen LogP contribution in [0.25, 0.3) is 0 Å². The van der Waals surface area contributed by atoms with Crippen LogP contribution in [0, 0.1) is 5.92 Å². The number of rotatable bonds is 5. The third kappa shape index (κ3) is 5.36. The summed E-state index contributed by atoms with van der Waals surface area (Å²) in [5.41, 5.74) is -0.0916. The van der Waals surface area contributed by atoms with Gasteiger partial charge in [-0.2, -0.15) is 0 Å². The van der Waals surface area contributed by atoms with Crippen molar-refractivity contribution in [3.8, 4) is 0 Å². The number of nitrogens with zero attached hydrogens (tertiary/aromatic N) is 1. The van der Waals surface area contributed by atoms with Crippen LogP contribution in [0.4, 0.5) is 0 Å². The Bertz CT molecular complexity index is 574. The Morgan fingerprint density at radius 3 is 2.70 bits per heavy atom. The Labute approximate surface area is 145 Å². The van der Waals surface area contributed by atoms with E-state index in [0.717, 1.165) is 12.8 Å². The monoisotopic (exact) mass is 358 g/mol. The van der Waals surface area contributed by atoms with Gasteiger partial charge in [0.15, 0.2) is 11.8 Å². The third-order valence-electron chi connectivity index (χ3n) is 3.95. The lowest BCUT2D eigenvalue weighted by molar-refractivity contribution is -0.129. The second kappa shape index (κ2) is 8.50. The minimum atomic E-state index is -0.914. The predicted molar refractivity (Wildman–Crippen MR) is 88.7 cm³/mol. The molecule has 5 nitrogen and oxygen atoms in total. The van der Waals surface area contributed by atoms with E-state index in [9.17, 15) is 9.59 Å². The molecule has 126 valence electrons. The van der Waals surface area contributed by atoms with Gasteiger partial charge in [-0.25, -0.2) is 9.78 Å². The quantitative estimate of drug-likeness (QED) is 0.644. The number of carbonyl (C=O) groups excluding carboxylic acids is 2. The minimum absolute atomic E-state index is 0.0916. The zero-order chi connectivity index (χ0) is 16.8. The molecule has 0 spiro atoms. The van der Waals surface area contributed by atoms with Gasteiger partial charge in [-0.1, -0.05) is 42.5 Å². The van der Waals surface area contributed by atoms with E-state index in [1.165, 1.54) is 38.3 Å². The molecule has 7 heteroatoms. The van der Waals surface area contributed by atoms with Crippen LogP contribution in [0.1, 0.15) is 49.5 Å². The van der Waals surface area contributed by atoms with Gasteiger partial charge in [0.2, 0.25) is 0 Å². The highest BCUT2D eigenvalue weighted by Gasteiger charge is 2.23. The minimum Gasteiger partial charge on any atom is -0.448 e. The van der Waals surface area contributed by atoms with Gasteiger partial charge in [-0.3, -0.25) is 4.79 Å². The van der Waals surface area contributed by atoms with Crippen LogP contribution in [-0.2, 0) is 9.53 Å². The van der Waals surface area contributed by atoms with Gasteiger partial charge in [0.25, 0.3) is 5.91 Å².